The second-order valence-corrected chi connectivity index (χ2v) is 2.45. The van der Waals surface area contributed by atoms with Crippen LogP contribution in [0.25, 0.3) is 0 Å². The molecule has 0 fully saturated rings. The normalized spacial score (nSPS) is 11.6. The monoisotopic (exact) mass is 186 g/mol. The Kier molecular flexibility index (Phi) is 4.52. The predicted molar refractivity (Wildman–Crippen MR) is 36.9 cm³/mol. The average molecular weight is 187 g/mol. The van der Waals surface area contributed by atoms with E-state index in [0.29, 0.717) is 13.0 Å². The van der Waals surface area contributed by atoms with Crippen LogP contribution in [0.4, 0.5) is 8.78 Å². The van der Waals surface area contributed by atoms with E-state index in [1.54, 1.807) is 0 Å². The molecule has 0 saturated heterocycles. The fraction of sp³-hybridized carbons (Fsp3) is 0.833. The molecular formula is C6H9ClF2O2. The number of alkyl halides is 3. The first-order chi connectivity index (χ1) is 4.98. The Morgan fingerprint density at radius 2 is 2.18 bits per heavy atom. The second-order valence-electron chi connectivity index (χ2n) is 1.97. The van der Waals surface area contributed by atoms with Gasteiger partial charge in [-0.3, -0.25) is 4.79 Å². The van der Waals surface area contributed by atoms with Gasteiger partial charge in [0.1, 0.15) is 6.61 Å². The van der Waals surface area contributed by atoms with Gasteiger partial charge in [0, 0.05) is 6.61 Å². The molecule has 0 unspecified atom stereocenters. The van der Waals surface area contributed by atoms with Crippen molar-refractivity contribution in [2.75, 3.05) is 13.2 Å². The lowest BCUT2D eigenvalue weighted by atomic mass is 10.4. The zero-order chi connectivity index (χ0) is 8.91. The second kappa shape index (κ2) is 4.62. The third-order valence-corrected chi connectivity index (χ3v) is 1.11. The molecule has 0 aromatic heterocycles. The highest BCUT2D eigenvalue weighted by Gasteiger charge is 2.34. The summed E-state index contributed by atoms with van der Waals surface area (Å²) in [5, 5.41) is -3.78. The number of hydrogen-bond acceptors (Lipinski definition) is 2. The highest BCUT2D eigenvalue weighted by atomic mass is 35.5. The summed E-state index contributed by atoms with van der Waals surface area (Å²) in [5.74, 6) is -1.40. The Morgan fingerprint density at radius 1 is 1.64 bits per heavy atom. The van der Waals surface area contributed by atoms with E-state index in [9.17, 15) is 13.6 Å². The summed E-state index contributed by atoms with van der Waals surface area (Å²) in [5.41, 5.74) is 0. The minimum atomic E-state index is -3.78. The van der Waals surface area contributed by atoms with Crippen LogP contribution < -0.4 is 0 Å². The summed E-state index contributed by atoms with van der Waals surface area (Å²) in [6.45, 7) is 1.48. The fourth-order valence-electron chi connectivity index (χ4n) is 0.391. The zero-order valence-corrected chi connectivity index (χ0v) is 6.83. The van der Waals surface area contributed by atoms with E-state index in [1.165, 1.54) is 0 Å². The highest BCUT2D eigenvalue weighted by Crippen LogP contribution is 2.19. The van der Waals surface area contributed by atoms with Gasteiger partial charge in [-0.15, -0.1) is 0 Å². The molecule has 0 aromatic rings. The van der Waals surface area contributed by atoms with E-state index in [2.05, 4.69) is 16.3 Å². The molecule has 0 bridgehead atoms. The number of rotatable bonds is 5. The van der Waals surface area contributed by atoms with Crippen molar-refractivity contribution >= 4 is 17.4 Å². The van der Waals surface area contributed by atoms with Gasteiger partial charge in [-0.1, -0.05) is 6.92 Å². The summed E-state index contributed by atoms with van der Waals surface area (Å²) in [6, 6.07) is 0. The number of Topliss-reactive ketones (excluding diaryl/α,β-unsaturated/α-hetero) is 1. The van der Waals surface area contributed by atoms with Crippen LogP contribution >= 0.6 is 11.6 Å². The molecule has 11 heavy (non-hydrogen) atoms. The largest absolute Gasteiger partial charge is 0.382 e. The number of ether oxygens (including phenoxy) is 1. The van der Waals surface area contributed by atoms with Crippen molar-refractivity contribution in [3.05, 3.63) is 0 Å². The van der Waals surface area contributed by atoms with Crippen molar-refractivity contribution in [1.82, 2.24) is 0 Å². The lowest BCUT2D eigenvalue weighted by Gasteiger charge is -2.05. The van der Waals surface area contributed by atoms with Crippen LogP contribution in [-0.4, -0.2) is 24.4 Å². The highest BCUT2D eigenvalue weighted by molar-refractivity contribution is 6.32. The molecule has 0 N–H and O–H groups in total. The summed E-state index contributed by atoms with van der Waals surface area (Å²) >= 11 is 4.40. The quantitative estimate of drug-likeness (QED) is 0.484. The number of ketones is 1. The maximum Gasteiger partial charge on any atom is 0.382 e. The van der Waals surface area contributed by atoms with E-state index in [0.717, 1.165) is 0 Å². The Morgan fingerprint density at radius 3 is 2.55 bits per heavy atom. The lowest BCUT2D eigenvalue weighted by molar-refractivity contribution is -0.138. The average Bonchev–Trinajstić information content (AvgIpc) is 1.86. The van der Waals surface area contributed by atoms with E-state index in [1.807, 2.05) is 6.92 Å². The molecule has 0 aliphatic heterocycles. The van der Waals surface area contributed by atoms with Gasteiger partial charge in [-0.2, -0.15) is 8.78 Å². The zero-order valence-electron chi connectivity index (χ0n) is 6.07. The van der Waals surface area contributed by atoms with Crippen molar-refractivity contribution in [1.29, 1.82) is 0 Å². The maximum absolute atomic E-state index is 11.9. The van der Waals surface area contributed by atoms with Gasteiger partial charge >= 0.3 is 5.38 Å². The van der Waals surface area contributed by atoms with Crippen LogP contribution in [0, 0.1) is 0 Å². The van der Waals surface area contributed by atoms with E-state index < -0.39 is 17.8 Å². The molecule has 0 aliphatic rings. The molecule has 0 heterocycles. The predicted octanol–water partition coefficient (Wildman–Crippen LogP) is 1.81. The third-order valence-electron chi connectivity index (χ3n) is 0.898. The molecule has 5 heteroatoms. The van der Waals surface area contributed by atoms with Crippen molar-refractivity contribution in [3.8, 4) is 0 Å². The number of halogens is 3. The topological polar surface area (TPSA) is 26.3 Å². The van der Waals surface area contributed by atoms with Crippen molar-refractivity contribution in [2.24, 2.45) is 0 Å². The van der Waals surface area contributed by atoms with E-state index >= 15 is 0 Å². The molecule has 0 rings (SSSR count). The van der Waals surface area contributed by atoms with Crippen LogP contribution in [0.5, 0.6) is 0 Å². The van der Waals surface area contributed by atoms with Gasteiger partial charge in [0.2, 0.25) is 5.78 Å². The maximum atomic E-state index is 11.9. The van der Waals surface area contributed by atoms with E-state index in [-0.39, 0.29) is 0 Å². The Bertz CT molecular complexity index is 133. The van der Waals surface area contributed by atoms with Crippen LogP contribution in [-0.2, 0) is 9.53 Å². The summed E-state index contributed by atoms with van der Waals surface area (Å²) in [4.78, 5) is 10.3. The van der Waals surface area contributed by atoms with Crippen LogP contribution in [0.3, 0.4) is 0 Å². The molecule has 0 aliphatic carbocycles. The summed E-state index contributed by atoms with van der Waals surface area (Å²) in [7, 11) is 0. The van der Waals surface area contributed by atoms with Gasteiger partial charge in [0.15, 0.2) is 0 Å². The number of hydrogen-bond donors (Lipinski definition) is 0. The molecule has 0 aromatic carbocycles. The molecule has 66 valence electrons. The first-order valence-electron chi connectivity index (χ1n) is 3.16. The van der Waals surface area contributed by atoms with Crippen LogP contribution in [0.15, 0.2) is 0 Å². The Labute approximate surface area is 68.5 Å². The Balaban J connectivity index is 3.54. The molecule has 2 nitrogen and oxygen atoms in total. The molecule has 0 radical (unpaired) electrons. The van der Waals surface area contributed by atoms with Crippen molar-refractivity contribution in [3.63, 3.8) is 0 Å². The fourth-order valence-corrected chi connectivity index (χ4v) is 0.446. The van der Waals surface area contributed by atoms with Gasteiger partial charge in [-0.05, 0) is 18.0 Å². The number of carbonyl (C=O) groups is 1. The minimum Gasteiger partial charge on any atom is -0.373 e. The van der Waals surface area contributed by atoms with Gasteiger partial charge in [-0.25, -0.2) is 0 Å². The van der Waals surface area contributed by atoms with Gasteiger partial charge in [0.05, 0.1) is 0 Å². The minimum absolute atomic E-state index is 0.290. The molecule has 0 amide bonds. The summed E-state index contributed by atoms with van der Waals surface area (Å²) in [6.07, 6.45) is 0.682. The lowest BCUT2D eigenvalue weighted by Crippen LogP contribution is -2.26. The molecule has 0 spiro atoms. The standard InChI is InChI=1S/C6H9ClF2O2/c1-2-3-11-4-5(10)6(7,8)9/h2-4H2,1H3. The number of carbonyl (C=O) groups excluding carboxylic acids is 1. The van der Waals surface area contributed by atoms with Crippen molar-refractivity contribution in [2.45, 2.75) is 18.7 Å². The van der Waals surface area contributed by atoms with E-state index in [4.69, 9.17) is 0 Å². The van der Waals surface area contributed by atoms with Crippen LogP contribution in [0.2, 0.25) is 0 Å². The first-order valence-corrected chi connectivity index (χ1v) is 3.54. The smallest absolute Gasteiger partial charge is 0.373 e. The SMILES string of the molecule is CCCOCC(=O)C(F)(F)Cl. The van der Waals surface area contributed by atoms with Gasteiger partial charge < -0.3 is 4.74 Å². The summed E-state index contributed by atoms with van der Waals surface area (Å²) < 4.78 is 28.3. The van der Waals surface area contributed by atoms with Crippen LogP contribution in [0.1, 0.15) is 13.3 Å². The van der Waals surface area contributed by atoms with Crippen molar-refractivity contribution < 1.29 is 18.3 Å². The molecule has 0 saturated carbocycles. The third kappa shape index (κ3) is 5.09. The molecular weight excluding hydrogens is 178 g/mol. The molecule has 0 atom stereocenters. The first kappa shape index (κ1) is 10.8. The Hall–Kier alpha value is -0.220. The van der Waals surface area contributed by atoms with Gasteiger partial charge in [0.25, 0.3) is 0 Å².